The molecule has 3 nitrogen and oxygen atoms in total. The number of para-hydroxylation sites is 1. The maximum atomic E-state index is 12.0. The molecule has 2 rings (SSSR count). The van der Waals surface area contributed by atoms with Gasteiger partial charge in [0.05, 0.1) is 5.69 Å². The smallest absolute Gasteiger partial charge is 0.221 e. The molecule has 0 saturated carbocycles. The summed E-state index contributed by atoms with van der Waals surface area (Å²) in [6, 6.07) is 7.71. The number of nitrogens with zero attached hydrogens (tertiary/aromatic N) is 1. The molecule has 0 aliphatic carbocycles. The van der Waals surface area contributed by atoms with E-state index < -0.39 is 5.24 Å². The first-order valence-corrected chi connectivity index (χ1v) is 7.25. The molecule has 1 aromatic carbocycles. The van der Waals surface area contributed by atoms with Gasteiger partial charge in [-0.25, -0.2) is 0 Å². The summed E-state index contributed by atoms with van der Waals surface area (Å²) in [5.41, 5.74) is 4.79. The third-order valence-corrected chi connectivity index (χ3v) is 3.78. The van der Waals surface area contributed by atoms with Gasteiger partial charge in [-0.3, -0.25) is 9.59 Å². The maximum absolute atomic E-state index is 12.0. The number of hydrogen-bond donors (Lipinski definition) is 0. The number of rotatable bonds is 4. The predicted octanol–water partition coefficient (Wildman–Crippen LogP) is 3.46. The van der Waals surface area contributed by atoms with Crippen molar-refractivity contribution in [2.45, 2.75) is 33.6 Å². The predicted molar refractivity (Wildman–Crippen MR) is 85.4 cm³/mol. The molecule has 0 unspecified atom stereocenters. The summed E-state index contributed by atoms with van der Waals surface area (Å²) in [5, 5.41) is -0.423. The quantitative estimate of drug-likeness (QED) is 0.811. The average molecular weight is 304 g/mol. The third-order valence-electron chi connectivity index (χ3n) is 3.59. The van der Waals surface area contributed by atoms with Gasteiger partial charge in [0.25, 0.3) is 0 Å². The van der Waals surface area contributed by atoms with Crippen molar-refractivity contribution in [1.82, 2.24) is 4.57 Å². The standard InChI is InChI=1S/C17H18ClNO2/c1-11-5-4-6-12(2)17(11)19-10-14(7-8-16(18)21)15(20)9-13(19)3/h4-6,9-10H,7-8H2,1-3H3. The highest BCUT2D eigenvalue weighted by atomic mass is 35.5. The summed E-state index contributed by atoms with van der Waals surface area (Å²) in [4.78, 5) is 23.0. The fraction of sp³-hybridized carbons (Fsp3) is 0.294. The van der Waals surface area contributed by atoms with Crippen molar-refractivity contribution in [2.24, 2.45) is 0 Å². The normalized spacial score (nSPS) is 10.7. The molecule has 0 spiro atoms. The van der Waals surface area contributed by atoms with Gasteiger partial charge in [0.1, 0.15) is 0 Å². The second kappa shape index (κ2) is 6.27. The van der Waals surface area contributed by atoms with E-state index in [4.69, 9.17) is 11.6 Å². The molecule has 110 valence electrons. The Morgan fingerprint density at radius 2 is 1.81 bits per heavy atom. The van der Waals surface area contributed by atoms with E-state index in [2.05, 4.69) is 0 Å². The zero-order valence-electron chi connectivity index (χ0n) is 12.4. The van der Waals surface area contributed by atoms with Gasteiger partial charge in [-0.15, -0.1) is 0 Å². The summed E-state index contributed by atoms with van der Waals surface area (Å²) in [5.74, 6) is 0. The summed E-state index contributed by atoms with van der Waals surface area (Å²) < 4.78 is 2.01. The Balaban J connectivity index is 2.56. The fourth-order valence-electron chi connectivity index (χ4n) is 2.52. The van der Waals surface area contributed by atoms with E-state index in [0.29, 0.717) is 12.0 Å². The van der Waals surface area contributed by atoms with E-state index in [1.165, 1.54) is 0 Å². The van der Waals surface area contributed by atoms with Crippen molar-refractivity contribution in [1.29, 1.82) is 0 Å². The van der Waals surface area contributed by atoms with Crippen LogP contribution in [0.5, 0.6) is 0 Å². The van der Waals surface area contributed by atoms with Gasteiger partial charge in [-0.1, -0.05) is 18.2 Å². The maximum Gasteiger partial charge on any atom is 0.221 e. The molecule has 0 amide bonds. The molecule has 0 N–H and O–H groups in total. The van der Waals surface area contributed by atoms with Crippen LogP contribution in [0.25, 0.3) is 5.69 Å². The lowest BCUT2D eigenvalue weighted by Gasteiger charge is -2.17. The van der Waals surface area contributed by atoms with Crippen LogP contribution in [0.2, 0.25) is 0 Å². The molecule has 0 atom stereocenters. The molecule has 0 aliphatic rings. The van der Waals surface area contributed by atoms with Crippen molar-refractivity contribution in [2.75, 3.05) is 0 Å². The lowest BCUT2D eigenvalue weighted by molar-refractivity contribution is -0.111. The Morgan fingerprint density at radius 3 is 2.38 bits per heavy atom. The van der Waals surface area contributed by atoms with Crippen LogP contribution >= 0.6 is 11.6 Å². The van der Waals surface area contributed by atoms with Gasteiger partial charge in [0.2, 0.25) is 5.24 Å². The molecule has 0 saturated heterocycles. The zero-order valence-corrected chi connectivity index (χ0v) is 13.2. The third kappa shape index (κ3) is 3.42. The van der Waals surface area contributed by atoms with Crippen molar-refractivity contribution in [3.05, 3.63) is 63.1 Å². The Bertz CT molecular complexity index is 727. The Labute approximate surface area is 129 Å². The SMILES string of the molecule is Cc1cccc(C)c1-n1cc(CCC(=O)Cl)c(=O)cc1C. The lowest BCUT2D eigenvalue weighted by Crippen LogP contribution is -2.16. The first-order chi connectivity index (χ1) is 9.90. The molecule has 21 heavy (non-hydrogen) atoms. The molecular formula is C17H18ClNO2. The van der Waals surface area contributed by atoms with E-state index >= 15 is 0 Å². The highest BCUT2D eigenvalue weighted by molar-refractivity contribution is 6.63. The van der Waals surface area contributed by atoms with Crippen LogP contribution in [0.4, 0.5) is 0 Å². The Hall–Kier alpha value is -1.87. The topological polar surface area (TPSA) is 39.1 Å². The van der Waals surface area contributed by atoms with Crippen molar-refractivity contribution in [3.63, 3.8) is 0 Å². The average Bonchev–Trinajstić information content (AvgIpc) is 2.39. The van der Waals surface area contributed by atoms with Gasteiger partial charge in [0, 0.05) is 29.9 Å². The second-order valence-electron chi connectivity index (χ2n) is 5.27. The number of aryl methyl sites for hydroxylation is 4. The number of halogens is 1. The fourth-order valence-corrected chi connectivity index (χ4v) is 2.61. The van der Waals surface area contributed by atoms with E-state index in [1.54, 1.807) is 6.07 Å². The molecule has 1 aromatic heterocycles. The minimum absolute atomic E-state index is 0.0482. The lowest BCUT2D eigenvalue weighted by atomic mass is 10.1. The number of pyridine rings is 1. The number of aromatic nitrogens is 1. The minimum Gasteiger partial charge on any atom is -0.320 e. The summed E-state index contributed by atoms with van der Waals surface area (Å²) in [7, 11) is 0. The number of benzene rings is 1. The Morgan fingerprint density at radius 1 is 1.19 bits per heavy atom. The first kappa shape index (κ1) is 15.5. The van der Waals surface area contributed by atoms with Gasteiger partial charge in [0.15, 0.2) is 5.43 Å². The van der Waals surface area contributed by atoms with Crippen LogP contribution in [0.3, 0.4) is 0 Å². The highest BCUT2D eigenvalue weighted by Crippen LogP contribution is 2.20. The van der Waals surface area contributed by atoms with Crippen molar-refractivity contribution < 1.29 is 4.79 Å². The van der Waals surface area contributed by atoms with Crippen LogP contribution in [0.15, 0.2) is 35.3 Å². The van der Waals surface area contributed by atoms with E-state index in [0.717, 1.165) is 22.5 Å². The van der Waals surface area contributed by atoms with Crippen molar-refractivity contribution >= 4 is 16.8 Å². The molecule has 4 heteroatoms. The van der Waals surface area contributed by atoms with Gasteiger partial charge >= 0.3 is 0 Å². The summed E-state index contributed by atoms with van der Waals surface area (Å²) >= 11 is 5.37. The molecule has 0 bridgehead atoms. The monoisotopic (exact) mass is 303 g/mol. The Kier molecular flexibility index (Phi) is 4.63. The highest BCUT2D eigenvalue weighted by Gasteiger charge is 2.10. The zero-order chi connectivity index (χ0) is 15.6. The molecule has 1 heterocycles. The second-order valence-corrected chi connectivity index (χ2v) is 5.69. The van der Waals surface area contributed by atoms with Crippen LogP contribution in [-0.4, -0.2) is 9.81 Å². The molecule has 0 fully saturated rings. The molecular weight excluding hydrogens is 286 g/mol. The molecule has 0 aliphatic heterocycles. The minimum atomic E-state index is -0.423. The van der Waals surface area contributed by atoms with Crippen molar-refractivity contribution in [3.8, 4) is 5.69 Å². The van der Waals surface area contributed by atoms with E-state index in [-0.39, 0.29) is 11.8 Å². The van der Waals surface area contributed by atoms with E-state index in [1.807, 2.05) is 49.7 Å². The number of hydrogen-bond acceptors (Lipinski definition) is 2. The van der Waals surface area contributed by atoms with Gasteiger partial charge < -0.3 is 4.57 Å². The van der Waals surface area contributed by atoms with Crippen LogP contribution in [0, 0.1) is 20.8 Å². The van der Waals surface area contributed by atoms with E-state index in [9.17, 15) is 9.59 Å². The largest absolute Gasteiger partial charge is 0.320 e. The van der Waals surface area contributed by atoms with Gasteiger partial charge in [-0.05, 0) is 49.9 Å². The van der Waals surface area contributed by atoms with Gasteiger partial charge in [-0.2, -0.15) is 0 Å². The van der Waals surface area contributed by atoms with Crippen LogP contribution in [-0.2, 0) is 11.2 Å². The molecule has 0 radical (unpaired) electrons. The number of carbonyl (C=O) groups excluding carboxylic acids is 1. The summed E-state index contributed by atoms with van der Waals surface area (Å²) in [6.45, 7) is 5.99. The van der Waals surface area contributed by atoms with Crippen LogP contribution < -0.4 is 5.43 Å². The number of carbonyl (C=O) groups is 1. The first-order valence-electron chi connectivity index (χ1n) is 6.87. The molecule has 2 aromatic rings. The summed E-state index contributed by atoms with van der Waals surface area (Å²) in [6.07, 6.45) is 2.37. The van der Waals surface area contributed by atoms with Crippen LogP contribution in [0.1, 0.15) is 28.8 Å².